The normalized spacial score (nSPS) is 10.6. The van der Waals surface area contributed by atoms with Gasteiger partial charge in [0.1, 0.15) is 17.3 Å². The minimum Gasteiger partial charge on any atom is -0.496 e. The zero-order chi connectivity index (χ0) is 16.3. The van der Waals surface area contributed by atoms with Crippen LogP contribution >= 0.6 is 0 Å². The number of aromatic nitrogens is 2. The molecular weight excluding hydrogens is 282 g/mol. The van der Waals surface area contributed by atoms with Crippen molar-refractivity contribution in [2.75, 3.05) is 19.5 Å². The van der Waals surface area contributed by atoms with Crippen LogP contribution < -0.4 is 14.8 Å². The molecule has 0 saturated heterocycles. The van der Waals surface area contributed by atoms with E-state index >= 15 is 0 Å². The van der Waals surface area contributed by atoms with Crippen LogP contribution in [0.2, 0.25) is 0 Å². The molecule has 0 aliphatic heterocycles. The predicted octanol–water partition coefficient (Wildman–Crippen LogP) is 3.04. The Bertz CT molecular complexity index is 652. The molecule has 1 amide bonds. The van der Waals surface area contributed by atoms with Gasteiger partial charge in [-0.05, 0) is 32.9 Å². The molecule has 118 valence electrons. The van der Waals surface area contributed by atoms with Crippen LogP contribution in [0.3, 0.4) is 0 Å². The molecule has 2 rings (SSSR count). The Kier molecular flexibility index (Phi) is 4.70. The summed E-state index contributed by atoms with van der Waals surface area (Å²) in [7, 11) is 3.13. The summed E-state index contributed by atoms with van der Waals surface area (Å²) in [6.45, 7) is 5.88. The summed E-state index contributed by atoms with van der Waals surface area (Å²) in [6.07, 6.45) is 1.66. The van der Waals surface area contributed by atoms with Crippen LogP contribution in [0.1, 0.15) is 35.8 Å². The van der Waals surface area contributed by atoms with Gasteiger partial charge in [-0.1, -0.05) is 0 Å². The fourth-order valence-electron chi connectivity index (χ4n) is 2.23. The molecule has 0 saturated carbocycles. The number of amides is 1. The van der Waals surface area contributed by atoms with E-state index in [1.165, 1.54) is 0 Å². The van der Waals surface area contributed by atoms with Crippen LogP contribution in [0.25, 0.3) is 0 Å². The summed E-state index contributed by atoms with van der Waals surface area (Å²) in [5.74, 6) is 1.64. The second-order valence-corrected chi connectivity index (χ2v) is 5.21. The van der Waals surface area contributed by atoms with Crippen LogP contribution in [0.4, 0.5) is 5.82 Å². The maximum absolute atomic E-state index is 12.5. The maximum Gasteiger partial charge on any atom is 0.257 e. The highest BCUT2D eigenvalue weighted by Crippen LogP contribution is 2.29. The summed E-state index contributed by atoms with van der Waals surface area (Å²) >= 11 is 0. The molecule has 0 atom stereocenters. The van der Waals surface area contributed by atoms with Crippen LogP contribution in [-0.4, -0.2) is 29.9 Å². The van der Waals surface area contributed by atoms with E-state index in [1.807, 2.05) is 20.8 Å². The molecule has 1 aromatic heterocycles. The molecule has 0 radical (unpaired) electrons. The third-order valence-corrected chi connectivity index (χ3v) is 3.42. The van der Waals surface area contributed by atoms with Crippen molar-refractivity contribution in [3.8, 4) is 11.5 Å². The first kappa shape index (κ1) is 15.9. The second-order valence-electron chi connectivity index (χ2n) is 5.21. The van der Waals surface area contributed by atoms with Gasteiger partial charge in [-0.25, -0.2) is 4.68 Å². The molecule has 0 spiro atoms. The monoisotopic (exact) mass is 303 g/mol. The Balaban J connectivity index is 2.31. The number of hydrogen-bond donors (Lipinski definition) is 1. The minimum absolute atomic E-state index is 0.160. The number of nitrogens with one attached hydrogen (secondary N) is 1. The number of nitrogens with zero attached hydrogens (tertiary/aromatic N) is 2. The zero-order valence-corrected chi connectivity index (χ0v) is 13.5. The largest absolute Gasteiger partial charge is 0.496 e. The van der Waals surface area contributed by atoms with Crippen molar-refractivity contribution >= 4 is 11.7 Å². The first-order valence-electron chi connectivity index (χ1n) is 7.05. The quantitative estimate of drug-likeness (QED) is 0.922. The van der Waals surface area contributed by atoms with Gasteiger partial charge < -0.3 is 14.8 Å². The third kappa shape index (κ3) is 3.05. The molecule has 0 fully saturated rings. The highest BCUT2D eigenvalue weighted by atomic mass is 16.5. The van der Waals surface area contributed by atoms with E-state index in [-0.39, 0.29) is 11.9 Å². The minimum atomic E-state index is -0.237. The standard InChI is InChI=1S/C16H21N3O3/c1-10(2)19-15(6-7-17-19)18-16(20)12-8-13(21-4)11(3)14(9-12)22-5/h6-10H,1-5H3,(H,18,20). The summed E-state index contributed by atoms with van der Waals surface area (Å²) < 4.78 is 12.3. The summed E-state index contributed by atoms with van der Waals surface area (Å²) in [4.78, 5) is 12.5. The summed E-state index contributed by atoms with van der Waals surface area (Å²) in [5, 5.41) is 7.06. The SMILES string of the molecule is COc1cc(C(=O)Nc2ccnn2C(C)C)cc(OC)c1C. The van der Waals surface area contributed by atoms with Gasteiger partial charge in [-0.15, -0.1) is 0 Å². The smallest absolute Gasteiger partial charge is 0.257 e. The maximum atomic E-state index is 12.5. The van der Waals surface area contributed by atoms with E-state index in [2.05, 4.69) is 10.4 Å². The Labute approximate surface area is 130 Å². The lowest BCUT2D eigenvalue weighted by atomic mass is 10.1. The fraction of sp³-hybridized carbons (Fsp3) is 0.375. The zero-order valence-electron chi connectivity index (χ0n) is 13.5. The number of hydrogen-bond acceptors (Lipinski definition) is 4. The lowest BCUT2D eigenvalue weighted by Crippen LogP contribution is -2.17. The molecule has 0 aliphatic rings. The predicted molar refractivity (Wildman–Crippen MR) is 84.8 cm³/mol. The van der Waals surface area contributed by atoms with Crippen LogP contribution in [0.15, 0.2) is 24.4 Å². The number of methoxy groups -OCH3 is 2. The van der Waals surface area contributed by atoms with Crippen LogP contribution in [0, 0.1) is 6.92 Å². The number of benzene rings is 1. The molecule has 0 unspecified atom stereocenters. The van der Waals surface area contributed by atoms with Gasteiger partial charge in [0, 0.05) is 23.2 Å². The second kappa shape index (κ2) is 6.51. The topological polar surface area (TPSA) is 65.4 Å². The van der Waals surface area contributed by atoms with E-state index in [1.54, 1.807) is 43.3 Å². The van der Waals surface area contributed by atoms with Crippen molar-refractivity contribution in [3.05, 3.63) is 35.5 Å². The van der Waals surface area contributed by atoms with E-state index in [0.717, 1.165) is 5.56 Å². The number of anilines is 1. The summed E-state index contributed by atoms with van der Waals surface area (Å²) in [6, 6.07) is 5.32. The third-order valence-electron chi connectivity index (χ3n) is 3.42. The molecule has 22 heavy (non-hydrogen) atoms. The molecule has 2 aromatic rings. The number of ether oxygens (including phenoxy) is 2. The number of carbonyl (C=O) groups excluding carboxylic acids is 1. The summed E-state index contributed by atoms with van der Waals surface area (Å²) in [5.41, 5.74) is 1.32. The molecule has 0 aliphatic carbocycles. The molecule has 1 aromatic carbocycles. The van der Waals surface area contributed by atoms with Gasteiger partial charge in [0.15, 0.2) is 0 Å². The van der Waals surface area contributed by atoms with E-state index in [9.17, 15) is 4.79 Å². The molecule has 0 bridgehead atoms. The van der Waals surface area contributed by atoms with Gasteiger partial charge in [-0.3, -0.25) is 4.79 Å². The number of carbonyl (C=O) groups is 1. The first-order valence-corrected chi connectivity index (χ1v) is 7.05. The molecule has 6 heteroatoms. The van der Waals surface area contributed by atoms with Crippen molar-refractivity contribution in [3.63, 3.8) is 0 Å². The fourth-order valence-corrected chi connectivity index (χ4v) is 2.23. The lowest BCUT2D eigenvalue weighted by molar-refractivity contribution is 0.102. The highest BCUT2D eigenvalue weighted by Gasteiger charge is 2.15. The van der Waals surface area contributed by atoms with Crippen molar-refractivity contribution in [1.82, 2.24) is 9.78 Å². The van der Waals surface area contributed by atoms with Crippen molar-refractivity contribution in [2.24, 2.45) is 0 Å². The van der Waals surface area contributed by atoms with E-state index < -0.39 is 0 Å². The Hall–Kier alpha value is -2.50. The Morgan fingerprint density at radius 1 is 1.23 bits per heavy atom. The van der Waals surface area contributed by atoms with Gasteiger partial charge in [0.25, 0.3) is 5.91 Å². The van der Waals surface area contributed by atoms with Gasteiger partial charge >= 0.3 is 0 Å². The highest BCUT2D eigenvalue weighted by molar-refractivity contribution is 6.04. The van der Waals surface area contributed by atoms with Crippen molar-refractivity contribution in [2.45, 2.75) is 26.8 Å². The first-order chi connectivity index (χ1) is 10.5. The van der Waals surface area contributed by atoms with Gasteiger partial charge in [0.05, 0.1) is 20.4 Å². The van der Waals surface area contributed by atoms with Crippen molar-refractivity contribution in [1.29, 1.82) is 0 Å². The Morgan fingerprint density at radius 2 is 1.82 bits per heavy atom. The molecule has 1 N–H and O–H groups in total. The van der Waals surface area contributed by atoms with Crippen molar-refractivity contribution < 1.29 is 14.3 Å². The average Bonchev–Trinajstić information content (AvgIpc) is 2.95. The molecular formula is C16H21N3O3. The van der Waals surface area contributed by atoms with Gasteiger partial charge in [-0.2, -0.15) is 5.10 Å². The van der Waals surface area contributed by atoms with Crippen LogP contribution in [0.5, 0.6) is 11.5 Å². The van der Waals surface area contributed by atoms with E-state index in [0.29, 0.717) is 22.9 Å². The van der Waals surface area contributed by atoms with Crippen LogP contribution in [-0.2, 0) is 0 Å². The Morgan fingerprint density at radius 3 is 2.32 bits per heavy atom. The molecule has 1 heterocycles. The number of rotatable bonds is 5. The van der Waals surface area contributed by atoms with E-state index in [4.69, 9.17) is 9.47 Å². The molecule has 6 nitrogen and oxygen atoms in total. The lowest BCUT2D eigenvalue weighted by Gasteiger charge is -2.14. The average molecular weight is 303 g/mol. The van der Waals surface area contributed by atoms with Gasteiger partial charge in [0.2, 0.25) is 0 Å².